The topological polar surface area (TPSA) is 35.2 Å². The van der Waals surface area contributed by atoms with Crippen LogP contribution >= 0.6 is 11.6 Å². The first-order valence-corrected chi connectivity index (χ1v) is 6.86. The van der Waals surface area contributed by atoms with Crippen molar-refractivity contribution in [1.82, 2.24) is 0 Å². The van der Waals surface area contributed by atoms with Crippen molar-refractivity contribution in [2.45, 2.75) is 13.2 Å². The van der Waals surface area contributed by atoms with E-state index in [0.29, 0.717) is 23.8 Å². The minimum atomic E-state index is -0.322. The van der Waals surface area contributed by atoms with Gasteiger partial charge in [0.05, 0.1) is 19.8 Å². The van der Waals surface area contributed by atoms with Gasteiger partial charge < -0.3 is 10.5 Å². The highest BCUT2D eigenvalue weighted by atomic mass is 35.5. The molecule has 0 saturated heterocycles. The monoisotopic (exact) mass is 303 g/mol. The maximum Gasteiger partial charge on any atom is 0.124 e. The highest BCUT2D eigenvalue weighted by Gasteiger charge is 2.03. The summed E-state index contributed by atoms with van der Waals surface area (Å²) in [4.78, 5) is 0. The highest BCUT2D eigenvalue weighted by molar-refractivity contribution is 6.30. The fourth-order valence-electron chi connectivity index (χ4n) is 1.80. The third kappa shape index (κ3) is 4.87. The molecule has 0 atom stereocenters. The van der Waals surface area contributed by atoms with Gasteiger partial charge in [0, 0.05) is 10.6 Å². The second kappa shape index (κ2) is 7.80. The zero-order valence-electron chi connectivity index (χ0n) is 11.4. The smallest absolute Gasteiger partial charge is 0.124 e. The van der Waals surface area contributed by atoms with Gasteiger partial charge in [-0.05, 0) is 35.4 Å². The van der Waals surface area contributed by atoms with E-state index >= 15 is 0 Å². The van der Waals surface area contributed by atoms with E-state index in [1.165, 1.54) is 12.1 Å². The van der Waals surface area contributed by atoms with Crippen LogP contribution in [0.15, 0.2) is 42.5 Å². The molecule has 2 aromatic carbocycles. The fourth-order valence-corrected chi connectivity index (χ4v) is 1.92. The predicted octanol–water partition coefficient (Wildman–Crippen LogP) is 3.51. The second-order valence-corrected chi connectivity index (χ2v) is 4.86. The lowest BCUT2D eigenvalue weighted by atomic mass is 10.1. The van der Waals surface area contributed by atoms with Gasteiger partial charge in [0.15, 0.2) is 0 Å². The fraction of sp³-hybridized carbons (Fsp3) is 0.176. The average molecular weight is 304 g/mol. The van der Waals surface area contributed by atoms with Gasteiger partial charge in [-0.2, -0.15) is 0 Å². The molecule has 21 heavy (non-hydrogen) atoms. The lowest BCUT2D eigenvalue weighted by Gasteiger charge is -2.07. The van der Waals surface area contributed by atoms with Crippen LogP contribution in [0.4, 0.5) is 4.39 Å². The number of benzene rings is 2. The Bertz CT molecular complexity index is 659. The number of halogens is 2. The first-order chi connectivity index (χ1) is 10.2. The van der Waals surface area contributed by atoms with Crippen molar-refractivity contribution in [3.05, 3.63) is 70.0 Å². The van der Waals surface area contributed by atoms with Crippen molar-refractivity contribution >= 4 is 11.6 Å². The molecule has 0 aliphatic rings. The third-order valence-electron chi connectivity index (χ3n) is 2.84. The van der Waals surface area contributed by atoms with Gasteiger partial charge in [-0.15, -0.1) is 0 Å². The van der Waals surface area contributed by atoms with Crippen molar-refractivity contribution in [3.63, 3.8) is 0 Å². The number of nitrogens with two attached hydrogens (primary N) is 1. The number of hydrogen-bond acceptors (Lipinski definition) is 2. The lowest BCUT2D eigenvalue weighted by Crippen LogP contribution is -1.98. The number of ether oxygens (including phenoxy) is 1. The third-order valence-corrected chi connectivity index (χ3v) is 3.09. The Morgan fingerprint density at radius 1 is 1.10 bits per heavy atom. The highest BCUT2D eigenvalue weighted by Crippen LogP contribution is 2.14. The van der Waals surface area contributed by atoms with Gasteiger partial charge in [0.25, 0.3) is 0 Å². The predicted molar refractivity (Wildman–Crippen MR) is 82.3 cm³/mol. The van der Waals surface area contributed by atoms with Gasteiger partial charge in [-0.1, -0.05) is 41.6 Å². The Morgan fingerprint density at radius 3 is 2.57 bits per heavy atom. The van der Waals surface area contributed by atoms with E-state index in [-0.39, 0.29) is 12.4 Å². The molecular formula is C17H15ClFNO. The first-order valence-electron chi connectivity index (χ1n) is 6.48. The summed E-state index contributed by atoms with van der Waals surface area (Å²) in [6.07, 6.45) is 0. The molecule has 0 aromatic heterocycles. The molecule has 2 nitrogen and oxygen atoms in total. The van der Waals surface area contributed by atoms with Crippen molar-refractivity contribution < 1.29 is 9.13 Å². The maximum atomic E-state index is 13.2. The quantitative estimate of drug-likeness (QED) is 0.877. The molecule has 0 spiro atoms. The van der Waals surface area contributed by atoms with E-state index in [1.54, 1.807) is 6.07 Å². The minimum Gasteiger partial charge on any atom is -0.372 e. The van der Waals surface area contributed by atoms with Crippen LogP contribution in [0.5, 0.6) is 0 Å². The Balaban J connectivity index is 2.01. The number of rotatable bonds is 4. The van der Waals surface area contributed by atoms with Crippen molar-refractivity contribution in [3.8, 4) is 11.8 Å². The standard InChI is InChI=1S/C17H15ClFNO/c18-16-6-3-13(4-7-16)11-21-12-15-5-8-17(19)10-14(15)2-1-9-20/h3-8,10H,9,11-12,20H2. The van der Waals surface area contributed by atoms with Crippen molar-refractivity contribution in [1.29, 1.82) is 0 Å². The Labute approximate surface area is 128 Å². The summed E-state index contributed by atoms with van der Waals surface area (Å²) in [5.41, 5.74) is 7.81. The van der Waals surface area contributed by atoms with Crippen LogP contribution in [0.1, 0.15) is 16.7 Å². The molecule has 0 amide bonds. The molecular weight excluding hydrogens is 289 g/mol. The van der Waals surface area contributed by atoms with Crippen LogP contribution in [0.2, 0.25) is 5.02 Å². The minimum absolute atomic E-state index is 0.238. The summed E-state index contributed by atoms with van der Waals surface area (Å²) in [5.74, 6) is 5.26. The van der Waals surface area contributed by atoms with Gasteiger partial charge in [-0.25, -0.2) is 4.39 Å². The van der Waals surface area contributed by atoms with Crippen LogP contribution in [-0.2, 0) is 18.0 Å². The summed E-state index contributed by atoms with van der Waals surface area (Å²) in [6.45, 7) is 1.05. The van der Waals surface area contributed by atoms with Gasteiger partial charge in [-0.3, -0.25) is 0 Å². The zero-order chi connectivity index (χ0) is 15.1. The molecule has 0 bridgehead atoms. The summed E-state index contributed by atoms with van der Waals surface area (Å²) >= 11 is 5.82. The zero-order valence-corrected chi connectivity index (χ0v) is 12.2. The maximum absolute atomic E-state index is 13.2. The molecule has 2 rings (SSSR count). The van der Waals surface area contributed by atoms with Crippen LogP contribution < -0.4 is 5.73 Å². The molecule has 0 unspecified atom stereocenters. The Kier molecular flexibility index (Phi) is 5.77. The molecule has 2 aromatic rings. The normalized spacial score (nSPS) is 10.0. The molecule has 2 N–H and O–H groups in total. The summed E-state index contributed by atoms with van der Waals surface area (Å²) < 4.78 is 18.9. The van der Waals surface area contributed by atoms with E-state index in [4.69, 9.17) is 22.1 Å². The van der Waals surface area contributed by atoms with Crippen LogP contribution in [0, 0.1) is 17.7 Å². The molecule has 0 aliphatic carbocycles. The van der Waals surface area contributed by atoms with E-state index in [2.05, 4.69) is 11.8 Å². The second-order valence-electron chi connectivity index (χ2n) is 4.43. The molecule has 108 valence electrons. The van der Waals surface area contributed by atoms with E-state index in [0.717, 1.165) is 11.1 Å². The Morgan fingerprint density at radius 2 is 1.86 bits per heavy atom. The molecule has 0 radical (unpaired) electrons. The van der Waals surface area contributed by atoms with Crippen LogP contribution in [0.25, 0.3) is 0 Å². The van der Waals surface area contributed by atoms with E-state index < -0.39 is 0 Å². The molecule has 0 saturated carbocycles. The molecule has 4 heteroatoms. The van der Waals surface area contributed by atoms with Crippen molar-refractivity contribution in [2.24, 2.45) is 5.73 Å². The van der Waals surface area contributed by atoms with Crippen LogP contribution in [-0.4, -0.2) is 6.54 Å². The molecule has 0 heterocycles. The largest absolute Gasteiger partial charge is 0.372 e. The Hall–Kier alpha value is -1.86. The average Bonchev–Trinajstić information content (AvgIpc) is 2.49. The SMILES string of the molecule is NCC#Cc1cc(F)ccc1COCc1ccc(Cl)cc1. The summed E-state index contributed by atoms with van der Waals surface area (Å²) in [6, 6.07) is 11.9. The molecule has 0 aliphatic heterocycles. The van der Waals surface area contributed by atoms with Crippen LogP contribution in [0.3, 0.4) is 0 Å². The summed E-state index contributed by atoms with van der Waals surface area (Å²) in [5, 5.41) is 0.691. The summed E-state index contributed by atoms with van der Waals surface area (Å²) in [7, 11) is 0. The molecule has 0 fully saturated rings. The first kappa shape index (κ1) is 15.5. The number of hydrogen-bond donors (Lipinski definition) is 1. The van der Waals surface area contributed by atoms with Crippen molar-refractivity contribution in [2.75, 3.05) is 6.54 Å². The lowest BCUT2D eigenvalue weighted by molar-refractivity contribution is 0.107. The van der Waals surface area contributed by atoms with Gasteiger partial charge in [0.1, 0.15) is 5.82 Å². The van der Waals surface area contributed by atoms with E-state index in [1.807, 2.05) is 24.3 Å². The van der Waals surface area contributed by atoms with E-state index in [9.17, 15) is 4.39 Å². The van der Waals surface area contributed by atoms with Gasteiger partial charge in [0.2, 0.25) is 0 Å². The van der Waals surface area contributed by atoms with Gasteiger partial charge >= 0.3 is 0 Å².